The highest BCUT2D eigenvalue weighted by Gasteiger charge is 2.38. The summed E-state index contributed by atoms with van der Waals surface area (Å²) in [6, 6.07) is 7.71. The molecule has 2 aliphatic rings. The van der Waals surface area contributed by atoms with E-state index in [0.717, 1.165) is 31.0 Å². The molecule has 0 saturated carbocycles. The van der Waals surface area contributed by atoms with Crippen molar-refractivity contribution in [1.29, 1.82) is 0 Å². The summed E-state index contributed by atoms with van der Waals surface area (Å²) in [6.07, 6.45) is 3.87. The third-order valence-corrected chi connectivity index (χ3v) is 4.72. The number of nitrogens with zero attached hydrogens (tertiary/aromatic N) is 3. The van der Waals surface area contributed by atoms with Crippen molar-refractivity contribution in [2.24, 2.45) is 20.8 Å². The molecule has 1 fully saturated rings. The molecular formula is C14H17ClN4O2S. The highest BCUT2D eigenvalue weighted by atomic mass is 35.5. The van der Waals surface area contributed by atoms with Crippen LogP contribution in [0.2, 0.25) is 5.02 Å². The van der Waals surface area contributed by atoms with Crippen molar-refractivity contribution in [1.82, 2.24) is 5.01 Å². The molecule has 2 N–H and O–H groups in total. The van der Waals surface area contributed by atoms with Gasteiger partial charge in [-0.3, -0.25) is 0 Å². The first kappa shape index (κ1) is 15.6. The number of ether oxygens (including phenoxy) is 1. The Hall–Kier alpha value is -1.28. The van der Waals surface area contributed by atoms with Crippen LogP contribution in [0.15, 0.2) is 38.7 Å². The Bertz CT molecular complexity index is 590. The summed E-state index contributed by atoms with van der Waals surface area (Å²) in [4.78, 5) is 5.81. The molecule has 1 saturated heterocycles. The normalized spacial score (nSPS) is 20.6. The molecule has 8 heteroatoms. The zero-order chi connectivity index (χ0) is 15.4. The van der Waals surface area contributed by atoms with Crippen LogP contribution in [0.3, 0.4) is 0 Å². The maximum absolute atomic E-state index is 5.96. The topological polar surface area (TPSA) is 72.4 Å². The third kappa shape index (κ3) is 3.55. The minimum absolute atomic E-state index is 0.0400. The fraction of sp³-hybridized carbons (Fsp3) is 0.429. The van der Waals surface area contributed by atoms with Crippen LogP contribution >= 0.6 is 23.5 Å². The van der Waals surface area contributed by atoms with Gasteiger partial charge in [-0.25, -0.2) is 5.01 Å². The highest BCUT2D eigenvalue weighted by molar-refractivity contribution is 7.98. The molecule has 3 rings (SSSR count). The summed E-state index contributed by atoms with van der Waals surface area (Å²) >= 11 is 7.20. The second kappa shape index (κ2) is 6.87. The lowest BCUT2D eigenvalue weighted by Crippen LogP contribution is -2.38. The number of hydrazone groups is 1. The first-order valence-corrected chi connectivity index (χ1v) is 8.14. The molecule has 0 radical (unpaired) electrons. The van der Waals surface area contributed by atoms with Gasteiger partial charge < -0.3 is 9.57 Å². The van der Waals surface area contributed by atoms with Crippen molar-refractivity contribution >= 4 is 35.8 Å². The fourth-order valence-electron chi connectivity index (χ4n) is 2.50. The van der Waals surface area contributed by atoms with Gasteiger partial charge in [-0.2, -0.15) is 15.4 Å². The molecule has 0 unspecified atom stereocenters. The molecule has 1 spiro atoms. The highest BCUT2D eigenvalue weighted by Crippen LogP contribution is 2.34. The maximum atomic E-state index is 5.96. The zero-order valence-corrected chi connectivity index (χ0v) is 13.5. The molecule has 0 amide bonds. The monoisotopic (exact) mass is 340 g/mol. The summed E-state index contributed by atoms with van der Waals surface area (Å²) in [5.41, 5.74) is 0.0400. The summed E-state index contributed by atoms with van der Waals surface area (Å²) in [5.74, 6) is 5.35. The van der Waals surface area contributed by atoms with Crippen molar-refractivity contribution in [3.05, 3.63) is 29.3 Å². The van der Waals surface area contributed by atoms with Crippen LogP contribution in [0.1, 0.15) is 12.8 Å². The molecule has 6 nitrogen and oxygen atoms in total. The number of amidine groups is 1. The third-order valence-electron chi connectivity index (χ3n) is 3.78. The smallest absolute Gasteiger partial charge is 0.339 e. The van der Waals surface area contributed by atoms with Crippen LogP contribution < -0.4 is 5.90 Å². The first-order chi connectivity index (χ1) is 10.7. The van der Waals surface area contributed by atoms with E-state index in [1.165, 1.54) is 11.9 Å². The number of benzene rings is 1. The fourth-order valence-corrected chi connectivity index (χ4v) is 3.39. The van der Waals surface area contributed by atoms with E-state index in [2.05, 4.69) is 9.50 Å². The summed E-state index contributed by atoms with van der Waals surface area (Å²) in [7, 11) is 0. The molecule has 1 aromatic carbocycles. The van der Waals surface area contributed by atoms with Crippen LogP contribution in [-0.4, -0.2) is 37.0 Å². The van der Waals surface area contributed by atoms with Gasteiger partial charge in [0.1, 0.15) is 0 Å². The summed E-state index contributed by atoms with van der Waals surface area (Å²) in [6.45, 7) is 2.22. The molecule has 0 atom stereocenters. The van der Waals surface area contributed by atoms with Crippen LogP contribution in [-0.2, 0) is 9.57 Å². The number of rotatable bonds is 2. The van der Waals surface area contributed by atoms with Gasteiger partial charge in [-0.05, 0) is 31.0 Å². The summed E-state index contributed by atoms with van der Waals surface area (Å²) in [5, 5.41) is 6.75. The zero-order valence-electron chi connectivity index (χ0n) is 11.9. The van der Waals surface area contributed by atoms with Crippen molar-refractivity contribution in [2.75, 3.05) is 19.8 Å². The molecule has 22 heavy (non-hydrogen) atoms. The van der Waals surface area contributed by atoms with E-state index < -0.39 is 0 Å². The lowest BCUT2D eigenvalue weighted by Gasteiger charge is -2.30. The summed E-state index contributed by atoms with van der Waals surface area (Å²) < 4.78 is 9.73. The van der Waals surface area contributed by atoms with Crippen LogP contribution in [0.4, 0.5) is 0 Å². The Morgan fingerprint density at radius 1 is 1.45 bits per heavy atom. The van der Waals surface area contributed by atoms with Gasteiger partial charge in [-0.1, -0.05) is 17.7 Å². The molecule has 0 bridgehead atoms. The predicted molar refractivity (Wildman–Crippen MR) is 87.7 cm³/mol. The molecule has 2 aliphatic heterocycles. The lowest BCUT2D eigenvalue weighted by atomic mass is 9.82. The number of hydrogen-bond acceptors (Lipinski definition) is 6. The number of nitrogens with two attached hydrogens (primary N) is 1. The molecule has 2 heterocycles. The van der Waals surface area contributed by atoms with E-state index in [1.54, 1.807) is 5.01 Å². The van der Waals surface area contributed by atoms with Crippen LogP contribution in [0, 0.1) is 5.41 Å². The second-order valence-corrected chi connectivity index (χ2v) is 6.59. The van der Waals surface area contributed by atoms with E-state index in [1.807, 2.05) is 30.5 Å². The van der Waals surface area contributed by atoms with Crippen molar-refractivity contribution in [3.63, 3.8) is 0 Å². The van der Waals surface area contributed by atoms with E-state index in [-0.39, 0.29) is 11.4 Å². The Kier molecular flexibility index (Phi) is 4.87. The standard InChI is InChI=1S/C14H17ClN4O2S/c15-11-2-1-3-12(8-11)22-18-13(21-16)19-10-14(9-17-19)4-6-20-7-5-14/h1-3,8-9H,4-7,10,16H2/b18-13-. The second-order valence-electron chi connectivity index (χ2n) is 5.32. The minimum atomic E-state index is 0.0400. The van der Waals surface area contributed by atoms with Gasteiger partial charge in [-0.15, -0.1) is 0 Å². The Morgan fingerprint density at radius 3 is 3.00 bits per heavy atom. The van der Waals surface area contributed by atoms with Crippen LogP contribution in [0.25, 0.3) is 0 Å². The molecule has 1 aromatic rings. The van der Waals surface area contributed by atoms with Gasteiger partial charge in [0.25, 0.3) is 0 Å². The SMILES string of the molecule is NO/C(=N\Sc1cccc(Cl)c1)N1CC2(C=N1)CCOCC2. The molecule has 0 aromatic heterocycles. The number of hydrogen-bond donors (Lipinski definition) is 1. The average molecular weight is 341 g/mol. The van der Waals surface area contributed by atoms with Gasteiger partial charge in [0.2, 0.25) is 0 Å². The van der Waals surface area contributed by atoms with E-state index in [9.17, 15) is 0 Å². The Labute approximate surface area is 138 Å². The van der Waals surface area contributed by atoms with Gasteiger partial charge in [0.05, 0.1) is 6.54 Å². The van der Waals surface area contributed by atoms with Crippen LogP contribution in [0.5, 0.6) is 0 Å². The largest absolute Gasteiger partial charge is 0.381 e. The number of halogens is 1. The molecular weight excluding hydrogens is 324 g/mol. The van der Waals surface area contributed by atoms with E-state index in [4.69, 9.17) is 27.1 Å². The molecule has 118 valence electrons. The van der Waals surface area contributed by atoms with Gasteiger partial charge >= 0.3 is 6.02 Å². The van der Waals surface area contributed by atoms with Crippen molar-refractivity contribution in [2.45, 2.75) is 17.7 Å². The Morgan fingerprint density at radius 2 is 2.27 bits per heavy atom. The van der Waals surface area contributed by atoms with E-state index in [0.29, 0.717) is 11.6 Å². The van der Waals surface area contributed by atoms with E-state index >= 15 is 0 Å². The quantitative estimate of drug-likeness (QED) is 0.388. The predicted octanol–water partition coefficient (Wildman–Crippen LogP) is 2.69. The van der Waals surface area contributed by atoms with Crippen molar-refractivity contribution in [3.8, 4) is 0 Å². The minimum Gasteiger partial charge on any atom is -0.381 e. The van der Waals surface area contributed by atoms with Gasteiger partial charge in [0, 0.05) is 46.7 Å². The maximum Gasteiger partial charge on any atom is 0.339 e. The van der Waals surface area contributed by atoms with Gasteiger partial charge in [0.15, 0.2) is 0 Å². The first-order valence-electron chi connectivity index (χ1n) is 6.99. The lowest BCUT2D eigenvalue weighted by molar-refractivity contribution is 0.0435. The average Bonchev–Trinajstić information content (AvgIpc) is 2.92. The Balaban J connectivity index is 1.67. The molecule has 0 aliphatic carbocycles. The van der Waals surface area contributed by atoms with Crippen molar-refractivity contribution < 1.29 is 9.57 Å².